The van der Waals surface area contributed by atoms with Crippen LogP contribution in [0.1, 0.15) is 26.2 Å². The Labute approximate surface area is 197 Å². The fraction of sp³-hybridized carbons (Fsp3) is 0.435. The van der Waals surface area contributed by atoms with Crippen LogP contribution in [0.25, 0.3) is 0 Å². The van der Waals surface area contributed by atoms with Gasteiger partial charge in [-0.15, -0.1) is 5.10 Å². The van der Waals surface area contributed by atoms with E-state index in [2.05, 4.69) is 27.1 Å². The fourth-order valence-electron chi connectivity index (χ4n) is 4.86. The Morgan fingerprint density at radius 1 is 1.12 bits per heavy atom. The summed E-state index contributed by atoms with van der Waals surface area (Å²) in [5.41, 5.74) is 1.14. The van der Waals surface area contributed by atoms with E-state index in [4.69, 9.17) is 33.0 Å². The van der Waals surface area contributed by atoms with Crippen LogP contribution in [0.15, 0.2) is 42.6 Å². The Morgan fingerprint density at radius 3 is 2.66 bits per heavy atom. The Bertz CT molecular complexity index is 1080. The molecule has 0 radical (unpaired) electrons. The molecule has 1 aliphatic heterocycles. The average Bonchev–Trinajstić information content (AvgIpc) is 3.23. The highest BCUT2D eigenvalue weighted by Crippen LogP contribution is 2.40. The number of aryl methyl sites for hydroxylation is 1. The highest BCUT2D eigenvalue weighted by atomic mass is 35.5. The lowest BCUT2D eigenvalue weighted by molar-refractivity contribution is 0.376. The molecular weight excluding hydrogens is 447 g/mol. The molecule has 1 aliphatic carbocycles. The first-order chi connectivity index (χ1) is 15.6. The van der Waals surface area contributed by atoms with Crippen molar-refractivity contribution >= 4 is 34.8 Å². The topological polar surface area (TPSA) is 68.1 Å². The molecule has 2 bridgehead atoms. The lowest BCUT2D eigenvalue weighted by Gasteiger charge is -2.39. The Morgan fingerprint density at radius 2 is 1.94 bits per heavy atom. The summed E-state index contributed by atoms with van der Waals surface area (Å²) < 4.78 is 7.83. The van der Waals surface area contributed by atoms with Crippen molar-refractivity contribution in [3.63, 3.8) is 0 Å². The predicted octanol–water partition coefficient (Wildman–Crippen LogP) is 5.51. The number of nitrogens with zero attached hydrogens (tertiary/aromatic N) is 5. The number of rotatable bonds is 7. The molecule has 2 fully saturated rings. The van der Waals surface area contributed by atoms with Crippen molar-refractivity contribution in [3.8, 4) is 11.8 Å². The summed E-state index contributed by atoms with van der Waals surface area (Å²) in [6.45, 7) is 4.81. The number of ether oxygens (including phenoxy) is 1. The summed E-state index contributed by atoms with van der Waals surface area (Å²) in [5, 5.41) is 9.49. The van der Waals surface area contributed by atoms with Gasteiger partial charge in [-0.2, -0.15) is 4.98 Å². The van der Waals surface area contributed by atoms with Crippen LogP contribution in [0.5, 0.6) is 11.8 Å². The third kappa shape index (κ3) is 4.50. The Hall–Kier alpha value is -2.51. The number of benzene rings is 1. The number of anilines is 2. The van der Waals surface area contributed by atoms with Crippen molar-refractivity contribution in [1.29, 1.82) is 0 Å². The summed E-state index contributed by atoms with van der Waals surface area (Å²) in [4.78, 5) is 11.2. The van der Waals surface area contributed by atoms with Gasteiger partial charge in [0.1, 0.15) is 10.9 Å². The zero-order chi connectivity index (χ0) is 22.1. The van der Waals surface area contributed by atoms with Crippen molar-refractivity contribution in [1.82, 2.24) is 19.7 Å². The Balaban J connectivity index is 1.31. The van der Waals surface area contributed by atoms with Crippen LogP contribution in [-0.4, -0.2) is 38.9 Å². The van der Waals surface area contributed by atoms with E-state index in [1.165, 1.54) is 12.8 Å². The monoisotopic (exact) mass is 472 g/mol. The van der Waals surface area contributed by atoms with Crippen LogP contribution < -0.4 is 15.0 Å². The first-order valence-electron chi connectivity index (χ1n) is 11.1. The van der Waals surface area contributed by atoms with E-state index < -0.39 is 0 Å². The second kappa shape index (κ2) is 9.16. The largest absolute Gasteiger partial charge is 0.424 e. The number of nitrogens with one attached hydrogen (secondary N) is 1. The summed E-state index contributed by atoms with van der Waals surface area (Å²) in [7, 11) is 0. The van der Waals surface area contributed by atoms with Crippen LogP contribution >= 0.6 is 23.2 Å². The number of aromatic nitrogens is 4. The molecule has 0 unspecified atom stereocenters. The molecule has 168 valence electrons. The molecule has 9 heteroatoms. The molecule has 2 aromatic heterocycles. The van der Waals surface area contributed by atoms with Crippen molar-refractivity contribution in [2.45, 2.75) is 38.8 Å². The van der Waals surface area contributed by atoms with Gasteiger partial charge in [0.2, 0.25) is 5.95 Å². The lowest BCUT2D eigenvalue weighted by Crippen LogP contribution is -2.48. The van der Waals surface area contributed by atoms with Crippen molar-refractivity contribution < 1.29 is 4.74 Å². The molecule has 3 heterocycles. The molecular formula is C23H26Cl2N6O. The van der Waals surface area contributed by atoms with Gasteiger partial charge in [-0.05, 0) is 61.4 Å². The number of hydrogen-bond donors (Lipinski definition) is 1. The fourth-order valence-corrected chi connectivity index (χ4v) is 5.21. The quantitative estimate of drug-likeness (QED) is 0.457. The zero-order valence-corrected chi connectivity index (χ0v) is 19.4. The standard InChI is InChI=1S/C23H26Cl2N6O/c1-2-10-31-23(32-19-5-3-4-17(24)11-19)28-22(29-31)27-21-15-6-7-16(21)14-30(13-15)18-8-9-26-20(25)12-18/h3-5,8-9,11-12,15-16,21H,2,6-7,10,13-14H2,1H3,(H,27,29)/t15-,16+,21-. The zero-order valence-electron chi connectivity index (χ0n) is 17.9. The van der Waals surface area contributed by atoms with Crippen molar-refractivity contribution in [2.24, 2.45) is 11.8 Å². The minimum Gasteiger partial charge on any atom is -0.424 e. The molecule has 0 spiro atoms. The Kier molecular flexibility index (Phi) is 6.11. The molecule has 2 aliphatic rings. The van der Waals surface area contributed by atoms with E-state index in [1.54, 1.807) is 12.3 Å². The second-order valence-corrected chi connectivity index (χ2v) is 9.33. The number of hydrogen-bond acceptors (Lipinski definition) is 6. The van der Waals surface area contributed by atoms with Crippen LogP contribution in [0.3, 0.4) is 0 Å². The first kappa shape index (κ1) is 21.3. The highest BCUT2D eigenvalue weighted by molar-refractivity contribution is 6.30. The van der Waals surface area contributed by atoms with Gasteiger partial charge in [0.25, 0.3) is 0 Å². The maximum Gasteiger partial charge on any atom is 0.322 e. The molecule has 1 saturated heterocycles. The van der Waals surface area contributed by atoms with E-state index in [1.807, 2.05) is 35.0 Å². The molecule has 1 aromatic carbocycles. The third-order valence-corrected chi connectivity index (χ3v) is 6.73. The van der Waals surface area contributed by atoms with Crippen molar-refractivity contribution in [3.05, 3.63) is 52.8 Å². The van der Waals surface area contributed by atoms with Crippen molar-refractivity contribution in [2.75, 3.05) is 23.3 Å². The van der Waals surface area contributed by atoms with Gasteiger partial charge in [-0.3, -0.25) is 0 Å². The molecule has 32 heavy (non-hydrogen) atoms. The minimum absolute atomic E-state index is 0.347. The SMILES string of the molecule is CCCn1nc(N[C@@H]2[C@@H]3CC[C@H]2CN(c2ccnc(Cl)c2)C3)nc1Oc1cccc(Cl)c1. The third-order valence-electron chi connectivity index (χ3n) is 6.28. The first-order valence-corrected chi connectivity index (χ1v) is 11.9. The van der Waals surface area contributed by atoms with E-state index in [0.717, 1.165) is 31.7 Å². The molecule has 7 nitrogen and oxygen atoms in total. The predicted molar refractivity (Wildman–Crippen MR) is 127 cm³/mol. The minimum atomic E-state index is 0.347. The number of fused-ring (bicyclic) bond motifs is 2. The van der Waals surface area contributed by atoms with Gasteiger partial charge in [0, 0.05) is 42.6 Å². The molecule has 1 saturated carbocycles. The van der Waals surface area contributed by atoms with Gasteiger partial charge < -0.3 is 15.0 Å². The second-order valence-electron chi connectivity index (χ2n) is 8.51. The summed E-state index contributed by atoms with van der Waals surface area (Å²) >= 11 is 12.2. The van der Waals surface area contributed by atoms with Gasteiger partial charge in [0.15, 0.2) is 0 Å². The number of piperidine rings is 1. The summed E-state index contributed by atoms with van der Waals surface area (Å²) in [6, 6.07) is 12.1. The summed E-state index contributed by atoms with van der Waals surface area (Å²) in [5.74, 6) is 2.32. The molecule has 3 aromatic rings. The van der Waals surface area contributed by atoms with Crippen LogP contribution in [0.4, 0.5) is 11.6 Å². The number of halogens is 2. The highest BCUT2D eigenvalue weighted by Gasteiger charge is 2.42. The van der Waals surface area contributed by atoms with Gasteiger partial charge >= 0.3 is 6.01 Å². The maximum absolute atomic E-state index is 6.11. The van der Waals surface area contributed by atoms with Crippen LogP contribution in [-0.2, 0) is 6.54 Å². The lowest BCUT2D eigenvalue weighted by atomic mass is 9.92. The van der Waals surface area contributed by atoms with Gasteiger partial charge in [-0.1, -0.05) is 36.2 Å². The van der Waals surface area contributed by atoms with E-state index in [9.17, 15) is 0 Å². The maximum atomic E-state index is 6.11. The number of pyridine rings is 1. The van der Waals surface area contributed by atoms with Crippen LogP contribution in [0, 0.1) is 11.8 Å². The van der Waals surface area contributed by atoms with Crippen LogP contribution in [0.2, 0.25) is 10.2 Å². The molecule has 5 rings (SSSR count). The van der Waals surface area contributed by atoms with E-state index >= 15 is 0 Å². The van der Waals surface area contributed by atoms with Gasteiger partial charge in [-0.25, -0.2) is 9.67 Å². The molecule has 3 atom stereocenters. The smallest absolute Gasteiger partial charge is 0.322 e. The van der Waals surface area contributed by atoms with E-state index in [-0.39, 0.29) is 0 Å². The molecule has 0 amide bonds. The average molecular weight is 473 g/mol. The molecule has 1 N–H and O–H groups in total. The summed E-state index contributed by atoms with van der Waals surface area (Å²) in [6.07, 6.45) is 5.10. The van der Waals surface area contributed by atoms with E-state index in [0.29, 0.717) is 45.8 Å². The normalized spacial score (nSPS) is 22.2. The van der Waals surface area contributed by atoms with Gasteiger partial charge in [0.05, 0.1) is 0 Å².